The Kier molecular flexibility index (Phi) is 8.30. The fraction of sp³-hybridized carbons (Fsp3) is 0.250. The lowest BCUT2D eigenvalue weighted by Gasteiger charge is -2.07. The lowest BCUT2D eigenvalue weighted by atomic mass is 10.2. The van der Waals surface area contributed by atoms with Crippen LogP contribution in [-0.4, -0.2) is 38.3 Å². The van der Waals surface area contributed by atoms with Gasteiger partial charge < -0.3 is 14.8 Å². The predicted molar refractivity (Wildman–Crippen MR) is 108 cm³/mol. The van der Waals surface area contributed by atoms with Gasteiger partial charge in [0.05, 0.1) is 19.9 Å². The molecule has 2 aromatic rings. The molecule has 2 amide bonds. The van der Waals surface area contributed by atoms with Crippen molar-refractivity contribution < 1.29 is 19.1 Å². The van der Waals surface area contributed by atoms with E-state index < -0.39 is 0 Å². The average Bonchev–Trinajstić information content (AvgIpc) is 2.70. The first-order valence-corrected chi connectivity index (χ1v) is 9.07. The highest BCUT2D eigenvalue weighted by atomic mass is 35.5. The van der Waals surface area contributed by atoms with E-state index in [1.54, 1.807) is 49.6 Å². The molecule has 0 spiro atoms. The number of halogens is 1. The molecule has 0 unspecified atom stereocenters. The largest absolute Gasteiger partial charge is 0.497 e. The number of nitrogens with one attached hydrogen (secondary N) is 2. The molecule has 2 aromatic carbocycles. The summed E-state index contributed by atoms with van der Waals surface area (Å²) in [5.41, 5.74) is 3.56. The van der Waals surface area contributed by atoms with Crippen LogP contribution in [0.15, 0.2) is 47.6 Å². The van der Waals surface area contributed by atoms with Gasteiger partial charge in [0.1, 0.15) is 11.5 Å². The summed E-state index contributed by atoms with van der Waals surface area (Å²) in [4.78, 5) is 23.9. The number of carbonyl (C=O) groups excluding carboxylic acids is 2. The van der Waals surface area contributed by atoms with E-state index in [1.807, 2.05) is 6.92 Å². The SMILES string of the molecule is CCOc1ccc(Cl)cc1C=NNC(=O)CCNC(=O)c1ccc(OC)cc1. The zero-order valence-corrected chi connectivity index (χ0v) is 16.5. The number of rotatable bonds is 9. The van der Waals surface area contributed by atoms with Crippen molar-refractivity contribution in [3.05, 3.63) is 58.6 Å². The van der Waals surface area contributed by atoms with Crippen LogP contribution in [0.1, 0.15) is 29.3 Å². The van der Waals surface area contributed by atoms with Crippen molar-refractivity contribution in [1.29, 1.82) is 0 Å². The Labute approximate surface area is 168 Å². The number of benzene rings is 2. The van der Waals surface area contributed by atoms with Gasteiger partial charge >= 0.3 is 0 Å². The Hall–Kier alpha value is -3.06. The maximum absolute atomic E-state index is 12.0. The van der Waals surface area contributed by atoms with E-state index in [-0.39, 0.29) is 24.8 Å². The molecule has 0 atom stereocenters. The lowest BCUT2D eigenvalue weighted by Crippen LogP contribution is -2.29. The van der Waals surface area contributed by atoms with E-state index in [0.717, 1.165) is 0 Å². The summed E-state index contributed by atoms with van der Waals surface area (Å²) in [6.07, 6.45) is 1.55. The smallest absolute Gasteiger partial charge is 0.251 e. The van der Waals surface area contributed by atoms with Crippen molar-refractivity contribution in [2.45, 2.75) is 13.3 Å². The highest BCUT2D eigenvalue weighted by Crippen LogP contribution is 2.21. The summed E-state index contributed by atoms with van der Waals surface area (Å²) in [5, 5.41) is 7.13. The van der Waals surface area contributed by atoms with Crippen molar-refractivity contribution in [2.24, 2.45) is 5.10 Å². The van der Waals surface area contributed by atoms with E-state index in [4.69, 9.17) is 21.1 Å². The van der Waals surface area contributed by atoms with E-state index in [1.165, 1.54) is 6.21 Å². The van der Waals surface area contributed by atoms with E-state index >= 15 is 0 Å². The maximum Gasteiger partial charge on any atom is 0.251 e. The first-order chi connectivity index (χ1) is 13.5. The third-order valence-electron chi connectivity index (χ3n) is 3.65. The normalized spacial score (nSPS) is 10.5. The number of amides is 2. The maximum atomic E-state index is 12.0. The molecule has 0 aromatic heterocycles. The van der Waals surface area contributed by atoms with Crippen LogP contribution >= 0.6 is 11.6 Å². The summed E-state index contributed by atoms with van der Waals surface area (Å²) in [7, 11) is 1.56. The first kappa shape index (κ1) is 21.2. The van der Waals surface area contributed by atoms with Gasteiger partial charge in [-0.3, -0.25) is 9.59 Å². The summed E-state index contributed by atoms with van der Waals surface area (Å²) < 4.78 is 10.5. The molecule has 7 nitrogen and oxygen atoms in total. The van der Waals surface area contributed by atoms with Crippen molar-refractivity contribution in [2.75, 3.05) is 20.3 Å². The molecular weight excluding hydrogens is 382 g/mol. The Morgan fingerprint density at radius 2 is 1.93 bits per heavy atom. The highest BCUT2D eigenvalue weighted by molar-refractivity contribution is 6.30. The van der Waals surface area contributed by atoms with Gasteiger partial charge in [0.25, 0.3) is 5.91 Å². The number of nitrogens with zero attached hydrogens (tertiary/aromatic N) is 1. The molecule has 0 saturated heterocycles. The van der Waals surface area contributed by atoms with Crippen LogP contribution in [0.5, 0.6) is 11.5 Å². The molecule has 0 aliphatic rings. The van der Waals surface area contributed by atoms with Crippen LogP contribution in [0.25, 0.3) is 0 Å². The second-order valence-corrected chi connectivity index (χ2v) is 6.08. The van der Waals surface area contributed by atoms with Crippen molar-refractivity contribution in [3.8, 4) is 11.5 Å². The zero-order chi connectivity index (χ0) is 20.4. The summed E-state index contributed by atoms with van der Waals surface area (Å²) in [6.45, 7) is 2.56. The molecule has 2 rings (SSSR count). The number of hydrogen-bond acceptors (Lipinski definition) is 5. The minimum Gasteiger partial charge on any atom is -0.497 e. The molecule has 0 aliphatic heterocycles. The Bertz CT molecular complexity index is 838. The zero-order valence-electron chi connectivity index (χ0n) is 15.7. The first-order valence-electron chi connectivity index (χ1n) is 8.70. The van der Waals surface area contributed by atoms with Crippen LogP contribution in [-0.2, 0) is 4.79 Å². The molecule has 0 radical (unpaired) electrons. The Morgan fingerprint density at radius 1 is 1.18 bits per heavy atom. The van der Waals surface area contributed by atoms with Crippen LogP contribution in [0.3, 0.4) is 0 Å². The molecule has 0 aliphatic carbocycles. The summed E-state index contributed by atoms with van der Waals surface area (Å²) in [5.74, 6) is 0.697. The lowest BCUT2D eigenvalue weighted by molar-refractivity contribution is -0.120. The third-order valence-corrected chi connectivity index (χ3v) is 3.89. The molecule has 0 heterocycles. The van der Waals surface area contributed by atoms with Crippen LogP contribution in [0, 0.1) is 0 Å². The second-order valence-electron chi connectivity index (χ2n) is 5.64. The monoisotopic (exact) mass is 403 g/mol. The van der Waals surface area contributed by atoms with Gasteiger partial charge in [-0.25, -0.2) is 5.43 Å². The summed E-state index contributed by atoms with van der Waals surface area (Å²) in [6, 6.07) is 11.8. The van der Waals surface area contributed by atoms with Gasteiger partial charge in [-0.05, 0) is 49.4 Å². The number of hydrogen-bond donors (Lipinski definition) is 2. The molecule has 0 saturated carbocycles. The van der Waals surface area contributed by atoms with E-state index in [9.17, 15) is 9.59 Å². The molecular formula is C20H22ClN3O4. The molecule has 28 heavy (non-hydrogen) atoms. The van der Waals surface area contributed by atoms with Crippen molar-refractivity contribution in [1.82, 2.24) is 10.7 Å². The quantitative estimate of drug-likeness (QED) is 0.497. The van der Waals surface area contributed by atoms with Gasteiger partial charge in [-0.1, -0.05) is 11.6 Å². The van der Waals surface area contributed by atoms with Gasteiger partial charge in [0.2, 0.25) is 5.91 Å². The number of methoxy groups -OCH3 is 1. The molecule has 148 valence electrons. The Balaban J connectivity index is 1.79. The van der Waals surface area contributed by atoms with Gasteiger partial charge in [0, 0.05) is 29.1 Å². The van der Waals surface area contributed by atoms with Crippen LogP contribution in [0.4, 0.5) is 0 Å². The minimum absolute atomic E-state index is 0.0904. The number of hydrazone groups is 1. The minimum atomic E-state index is -0.328. The molecule has 2 N–H and O–H groups in total. The van der Waals surface area contributed by atoms with Crippen LogP contribution < -0.4 is 20.2 Å². The summed E-state index contributed by atoms with van der Waals surface area (Å²) >= 11 is 5.97. The predicted octanol–water partition coefficient (Wildman–Crippen LogP) is 3.02. The van der Waals surface area contributed by atoms with Gasteiger partial charge in [-0.2, -0.15) is 5.10 Å². The third kappa shape index (κ3) is 6.59. The Morgan fingerprint density at radius 3 is 2.61 bits per heavy atom. The number of ether oxygens (including phenoxy) is 2. The van der Waals surface area contributed by atoms with Crippen molar-refractivity contribution in [3.63, 3.8) is 0 Å². The number of carbonyl (C=O) groups is 2. The fourth-order valence-electron chi connectivity index (χ4n) is 2.27. The topological polar surface area (TPSA) is 89.0 Å². The standard InChI is InChI=1S/C20H22ClN3O4/c1-3-28-18-9-6-16(21)12-15(18)13-23-24-19(25)10-11-22-20(26)14-4-7-17(27-2)8-5-14/h4-9,12-13H,3,10-11H2,1-2H3,(H,22,26)(H,24,25). The molecule has 8 heteroatoms. The van der Waals surface area contributed by atoms with E-state index in [2.05, 4.69) is 15.8 Å². The van der Waals surface area contributed by atoms with Crippen LogP contribution in [0.2, 0.25) is 5.02 Å². The fourth-order valence-corrected chi connectivity index (χ4v) is 2.45. The van der Waals surface area contributed by atoms with Crippen molar-refractivity contribution >= 4 is 29.6 Å². The van der Waals surface area contributed by atoms with Gasteiger partial charge in [-0.15, -0.1) is 0 Å². The highest BCUT2D eigenvalue weighted by Gasteiger charge is 2.07. The molecule has 0 fully saturated rings. The second kappa shape index (κ2) is 10.9. The molecule has 0 bridgehead atoms. The van der Waals surface area contributed by atoms with E-state index in [0.29, 0.717) is 34.3 Å². The average molecular weight is 404 g/mol. The van der Waals surface area contributed by atoms with Gasteiger partial charge in [0.15, 0.2) is 0 Å².